The summed E-state index contributed by atoms with van der Waals surface area (Å²) in [6.45, 7) is 1.35. The van der Waals surface area contributed by atoms with Crippen molar-refractivity contribution in [2.24, 2.45) is 4.99 Å². The molecule has 0 amide bonds. The molecule has 0 bridgehead atoms. The van der Waals surface area contributed by atoms with Gasteiger partial charge in [-0.2, -0.15) is 0 Å². The van der Waals surface area contributed by atoms with Crippen LogP contribution < -0.4 is 14.8 Å². The molecule has 0 aliphatic heterocycles. The Morgan fingerprint density at radius 2 is 2.00 bits per heavy atom. The first-order chi connectivity index (χ1) is 12.9. The van der Waals surface area contributed by atoms with Crippen LogP contribution in [0.1, 0.15) is 0 Å². The molecule has 7 nitrogen and oxygen atoms in total. The lowest BCUT2D eigenvalue weighted by Gasteiger charge is -2.22. The number of ether oxygens (including phenoxy) is 1. The largest absolute Gasteiger partial charge is 0.489 e. The summed E-state index contributed by atoms with van der Waals surface area (Å²) in [5, 5.41) is 4.79. The van der Waals surface area contributed by atoms with Crippen molar-refractivity contribution in [2.75, 3.05) is 40.3 Å². The number of sulfonamides is 1. The van der Waals surface area contributed by atoms with E-state index in [9.17, 15) is 12.8 Å². The third kappa shape index (κ3) is 7.53. The first-order valence-electron chi connectivity index (χ1n) is 8.26. The van der Waals surface area contributed by atoms with Gasteiger partial charge in [0.05, 0.1) is 6.54 Å². The molecule has 11 heteroatoms. The van der Waals surface area contributed by atoms with Gasteiger partial charge in [0.15, 0.2) is 17.5 Å². The SMILES string of the molecule is CN=C(NCCNS(=O)(=O)c1cccs1)N(C)CCOc1ccccc1F.I. The minimum Gasteiger partial charge on any atom is -0.489 e. The Labute approximate surface area is 186 Å². The van der Waals surface area contributed by atoms with Gasteiger partial charge in [0.1, 0.15) is 10.8 Å². The summed E-state index contributed by atoms with van der Waals surface area (Å²) in [5.41, 5.74) is 0. The van der Waals surface area contributed by atoms with Crippen molar-refractivity contribution in [1.82, 2.24) is 14.9 Å². The van der Waals surface area contributed by atoms with E-state index >= 15 is 0 Å². The lowest BCUT2D eigenvalue weighted by atomic mass is 10.3. The molecule has 1 aromatic carbocycles. The van der Waals surface area contributed by atoms with Crippen molar-refractivity contribution >= 4 is 51.3 Å². The van der Waals surface area contributed by atoms with Crippen LogP contribution in [0.4, 0.5) is 4.39 Å². The quantitative estimate of drug-likeness (QED) is 0.220. The molecular weight excluding hydrogens is 518 g/mol. The Bertz CT molecular complexity index is 848. The molecule has 0 radical (unpaired) electrons. The summed E-state index contributed by atoms with van der Waals surface area (Å²) < 4.78 is 45.8. The standard InChI is InChI=1S/C17H23FN4O3S2.HI/c1-19-17(20-9-10-21-27(23,24)16-8-5-13-26-16)22(2)11-12-25-15-7-4-3-6-14(15)18;/h3-8,13,21H,9-12H2,1-2H3,(H,19,20);1H. The molecule has 0 saturated heterocycles. The van der Waals surface area contributed by atoms with E-state index in [4.69, 9.17) is 4.74 Å². The Kier molecular flexibility index (Phi) is 10.7. The first kappa shape index (κ1) is 24.6. The highest BCUT2D eigenvalue weighted by atomic mass is 127. The third-order valence-electron chi connectivity index (χ3n) is 3.55. The van der Waals surface area contributed by atoms with Gasteiger partial charge in [0.2, 0.25) is 10.0 Å². The molecule has 2 N–H and O–H groups in total. The Morgan fingerprint density at radius 3 is 2.64 bits per heavy atom. The number of para-hydroxylation sites is 1. The molecule has 0 atom stereocenters. The fourth-order valence-electron chi connectivity index (χ4n) is 2.19. The van der Waals surface area contributed by atoms with Crippen LogP contribution in [0.25, 0.3) is 0 Å². The fourth-order valence-corrected chi connectivity index (χ4v) is 4.26. The van der Waals surface area contributed by atoms with Crippen molar-refractivity contribution in [1.29, 1.82) is 0 Å². The number of benzene rings is 1. The summed E-state index contributed by atoms with van der Waals surface area (Å²) in [6, 6.07) is 9.48. The van der Waals surface area contributed by atoms with Crippen molar-refractivity contribution < 1.29 is 17.5 Å². The summed E-state index contributed by atoms with van der Waals surface area (Å²) in [4.78, 5) is 5.96. The number of nitrogens with zero attached hydrogens (tertiary/aromatic N) is 2. The van der Waals surface area contributed by atoms with Crippen LogP contribution in [0.15, 0.2) is 51.0 Å². The molecule has 2 aromatic rings. The Balaban J connectivity index is 0.00000392. The van der Waals surface area contributed by atoms with Gasteiger partial charge in [-0.1, -0.05) is 18.2 Å². The number of hydrogen-bond acceptors (Lipinski definition) is 5. The molecule has 0 unspecified atom stereocenters. The highest BCUT2D eigenvalue weighted by Crippen LogP contribution is 2.15. The van der Waals surface area contributed by atoms with E-state index in [1.807, 2.05) is 11.9 Å². The van der Waals surface area contributed by atoms with Gasteiger partial charge in [-0.15, -0.1) is 35.3 Å². The molecular formula is C17H24FIN4O3S2. The minimum atomic E-state index is -3.47. The number of hydrogen-bond donors (Lipinski definition) is 2. The van der Waals surface area contributed by atoms with E-state index in [0.717, 1.165) is 0 Å². The zero-order chi connectivity index (χ0) is 19.7. The van der Waals surface area contributed by atoms with Crippen LogP contribution >= 0.6 is 35.3 Å². The fraction of sp³-hybridized carbons (Fsp3) is 0.353. The molecule has 0 fully saturated rings. The molecule has 0 aliphatic rings. The number of halogens is 2. The molecule has 0 saturated carbocycles. The lowest BCUT2D eigenvalue weighted by Crippen LogP contribution is -2.43. The molecule has 0 aliphatic carbocycles. The zero-order valence-corrected chi connectivity index (χ0v) is 19.6. The Hall–Kier alpha value is -1.44. The molecule has 156 valence electrons. The van der Waals surface area contributed by atoms with E-state index < -0.39 is 15.8 Å². The number of nitrogens with one attached hydrogen (secondary N) is 2. The van der Waals surface area contributed by atoms with Gasteiger partial charge < -0.3 is 15.0 Å². The smallest absolute Gasteiger partial charge is 0.250 e. The number of rotatable bonds is 9. The van der Waals surface area contributed by atoms with Crippen molar-refractivity contribution in [3.63, 3.8) is 0 Å². The van der Waals surface area contributed by atoms with Gasteiger partial charge in [-0.25, -0.2) is 17.5 Å². The molecule has 28 heavy (non-hydrogen) atoms. The van der Waals surface area contributed by atoms with Crippen LogP contribution in [0.3, 0.4) is 0 Å². The second-order valence-electron chi connectivity index (χ2n) is 5.50. The molecule has 1 aromatic heterocycles. The van der Waals surface area contributed by atoms with E-state index in [0.29, 0.717) is 19.0 Å². The van der Waals surface area contributed by atoms with Crippen LogP contribution in [0.5, 0.6) is 5.75 Å². The van der Waals surface area contributed by atoms with Crippen LogP contribution in [0.2, 0.25) is 0 Å². The highest BCUT2D eigenvalue weighted by molar-refractivity contribution is 14.0. The number of likely N-dealkylation sites (N-methyl/N-ethyl adjacent to an activating group) is 1. The molecule has 0 spiro atoms. The number of guanidine groups is 1. The van der Waals surface area contributed by atoms with Crippen LogP contribution in [-0.2, 0) is 10.0 Å². The lowest BCUT2D eigenvalue weighted by molar-refractivity contribution is 0.270. The van der Waals surface area contributed by atoms with Gasteiger partial charge >= 0.3 is 0 Å². The summed E-state index contributed by atoms with van der Waals surface area (Å²) in [6.07, 6.45) is 0. The number of thiophene rings is 1. The van der Waals surface area contributed by atoms with Crippen molar-refractivity contribution in [3.8, 4) is 5.75 Å². The highest BCUT2D eigenvalue weighted by Gasteiger charge is 2.14. The third-order valence-corrected chi connectivity index (χ3v) is 6.41. The maximum atomic E-state index is 13.5. The van der Waals surface area contributed by atoms with Crippen LogP contribution in [0, 0.1) is 5.82 Å². The van der Waals surface area contributed by atoms with Gasteiger partial charge in [-0.05, 0) is 23.6 Å². The minimum absolute atomic E-state index is 0. The second-order valence-corrected chi connectivity index (χ2v) is 8.45. The molecule has 2 rings (SSSR count). The topological polar surface area (TPSA) is 83.0 Å². The summed E-state index contributed by atoms with van der Waals surface area (Å²) in [7, 11) is -0.0246. The summed E-state index contributed by atoms with van der Waals surface area (Å²) >= 11 is 1.17. The average Bonchev–Trinajstić information content (AvgIpc) is 3.19. The van der Waals surface area contributed by atoms with E-state index in [-0.39, 0.29) is 47.1 Å². The van der Waals surface area contributed by atoms with E-state index in [1.165, 1.54) is 17.4 Å². The maximum Gasteiger partial charge on any atom is 0.250 e. The van der Waals surface area contributed by atoms with Gasteiger partial charge in [0.25, 0.3) is 0 Å². The molecule has 1 heterocycles. The number of aliphatic imine (C=N–C) groups is 1. The van der Waals surface area contributed by atoms with Gasteiger partial charge in [-0.3, -0.25) is 4.99 Å². The van der Waals surface area contributed by atoms with Crippen molar-refractivity contribution in [2.45, 2.75) is 4.21 Å². The average molecular weight is 542 g/mol. The van der Waals surface area contributed by atoms with E-state index in [2.05, 4.69) is 15.0 Å². The predicted molar refractivity (Wildman–Crippen MR) is 121 cm³/mol. The zero-order valence-electron chi connectivity index (χ0n) is 15.6. The normalized spacial score (nSPS) is 11.6. The first-order valence-corrected chi connectivity index (χ1v) is 10.6. The monoisotopic (exact) mass is 542 g/mol. The van der Waals surface area contributed by atoms with Crippen LogP contribution in [-0.4, -0.2) is 59.6 Å². The predicted octanol–water partition coefficient (Wildman–Crippen LogP) is 2.37. The van der Waals surface area contributed by atoms with E-state index in [1.54, 1.807) is 42.8 Å². The van der Waals surface area contributed by atoms with Crippen molar-refractivity contribution in [3.05, 3.63) is 47.6 Å². The maximum absolute atomic E-state index is 13.5. The van der Waals surface area contributed by atoms with Gasteiger partial charge in [0, 0.05) is 27.2 Å². The second kappa shape index (κ2) is 12.2. The Morgan fingerprint density at radius 1 is 1.25 bits per heavy atom. The summed E-state index contributed by atoms with van der Waals surface area (Å²) in [5.74, 6) is 0.389.